The lowest BCUT2D eigenvalue weighted by atomic mass is 9.95. The zero-order valence-corrected chi connectivity index (χ0v) is 16.6. The van der Waals surface area contributed by atoms with Crippen molar-refractivity contribution < 1.29 is 18.3 Å². The Balaban J connectivity index is 1.85. The van der Waals surface area contributed by atoms with Crippen molar-refractivity contribution in [2.75, 3.05) is 13.7 Å². The smallest absolute Gasteiger partial charge is 0.270 e. The van der Waals surface area contributed by atoms with E-state index in [9.17, 15) is 23.2 Å². The van der Waals surface area contributed by atoms with Gasteiger partial charge in [-0.05, 0) is 45.6 Å². The monoisotopic (exact) mass is 465 g/mol. The number of H-pyrrole nitrogens is 2. The molecule has 1 aliphatic rings. The standard InChI is InChI=1S/C19H14BrF2N3O4/c1-25(19(28)13-3-2-10(20)18(27)23-13)15-7-29-6-14-16(15)8-4-11(21)12(22)5-9(8)17(26)24-14/h2-5,15H,6-7H2,1H3,(H,23,27)(H,24,26)/t15-/m1/s1. The molecule has 1 amide bonds. The summed E-state index contributed by atoms with van der Waals surface area (Å²) in [5, 5.41) is 0.187. The highest BCUT2D eigenvalue weighted by molar-refractivity contribution is 9.10. The molecule has 3 aromatic rings. The number of hydrogen-bond donors (Lipinski definition) is 2. The van der Waals surface area contributed by atoms with Gasteiger partial charge < -0.3 is 19.6 Å². The Morgan fingerprint density at radius 1 is 1.14 bits per heavy atom. The lowest BCUT2D eigenvalue weighted by molar-refractivity contribution is 0.0332. The average molecular weight is 466 g/mol. The largest absolute Gasteiger partial charge is 0.373 e. The first kappa shape index (κ1) is 19.5. The van der Waals surface area contributed by atoms with Gasteiger partial charge in [0.15, 0.2) is 11.6 Å². The van der Waals surface area contributed by atoms with Crippen molar-refractivity contribution in [3.63, 3.8) is 0 Å². The second-order valence-electron chi connectivity index (χ2n) is 6.65. The highest BCUT2D eigenvalue weighted by Crippen LogP contribution is 2.34. The second kappa shape index (κ2) is 7.20. The van der Waals surface area contributed by atoms with Crippen molar-refractivity contribution >= 4 is 32.6 Å². The molecule has 0 bridgehead atoms. The first-order valence-electron chi connectivity index (χ1n) is 8.55. The van der Waals surface area contributed by atoms with Crippen molar-refractivity contribution in [3.8, 4) is 0 Å². The van der Waals surface area contributed by atoms with Gasteiger partial charge in [-0.2, -0.15) is 0 Å². The molecule has 2 N–H and O–H groups in total. The number of aromatic amines is 2. The van der Waals surface area contributed by atoms with E-state index in [4.69, 9.17) is 4.74 Å². The number of nitrogens with one attached hydrogen (secondary N) is 2. The molecule has 1 atom stereocenters. The third-order valence-corrected chi connectivity index (χ3v) is 5.54. The molecule has 10 heteroatoms. The van der Waals surface area contributed by atoms with Crippen molar-refractivity contribution in [1.29, 1.82) is 0 Å². The topological polar surface area (TPSA) is 95.3 Å². The van der Waals surface area contributed by atoms with Crippen molar-refractivity contribution in [1.82, 2.24) is 14.9 Å². The molecule has 150 valence electrons. The van der Waals surface area contributed by atoms with Crippen LogP contribution in [0, 0.1) is 11.6 Å². The molecule has 0 radical (unpaired) electrons. The van der Waals surface area contributed by atoms with Gasteiger partial charge >= 0.3 is 0 Å². The zero-order chi connectivity index (χ0) is 20.9. The van der Waals surface area contributed by atoms with Crippen LogP contribution in [0.3, 0.4) is 0 Å². The minimum atomic E-state index is -1.14. The van der Waals surface area contributed by atoms with Gasteiger partial charge in [0, 0.05) is 18.3 Å². The van der Waals surface area contributed by atoms with Crippen LogP contribution in [0.4, 0.5) is 8.78 Å². The van der Waals surface area contributed by atoms with E-state index in [2.05, 4.69) is 25.9 Å². The maximum atomic E-state index is 13.9. The number of halogens is 3. The van der Waals surface area contributed by atoms with Gasteiger partial charge in [0.05, 0.1) is 29.1 Å². The molecule has 4 rings (SSSR count). The molecular formula is C19H14BrF2N3O4. The summed E-state index contributed by atoms with van der Waals surface area (Å²) in [6, 6.07) is 4.01. The Hall–Kier alpha value is -2.85. The summed E-state index contributed by atoms with van der Waals surface area (Å²) in [4.78, 5) is 43.5. The van der Waals surface area contributed by atoms with E-state index < -0.39 is 34.7 Å². The average Bonchev–Trinajstić information content (AvgIpc) is 2.70. The fourth-order valence-corrected chi connectivity index (χ4v) is 3.69. The number of benzene rings is 1. The number of likely N-dealkylation sites (N-methyl/N-ethyl adjacent to an activating group) is 1. The predicted molar refractivity (Wildman–Crippen MR) is 104 cm³/mol. The Morgan fingerprint density at radius 2 is 1.83 bits per heavy atom. The van der Waals surface area contributed by atoms with Gasteiger partial charge in [-0.15, -0.1) is 0 Å². The number of carbonyl (C=O) groups excluding carboxylic acids is 1. The molecule has 0 spiro atoms. The fraction of sp³-hybridized carbons (Fsp3) is 0.211. The lowest BCUT2D eigenvalue weighted by Crippen LogP contribution is -2.38. The zero-order valence-electron chi connectivity index (χ0n) is 15.0. The number of carbonyl (C=O) groups is 1. The maximum absolute atomic E-state index is 13.9. The molecule has 2 aromatic heterocycles. The van der Waals surface area contributed by atoms with Crippen LogP contribution < -0.4 is 11.1 Å². The third kappa shape index (κ3) is 3.28. The van der Waals surface area contributed by atoms with Crippen molar-refractivity contribution in [3.05, 3.63) is 78.0 Å². The number of nitrogens with zero attached hydrogens (tertiary/aromatic N) is 1. The first-order chi connectivity index (χ1) is 13.8. The minimum Gasteiger partial charge on any atom is -0.373 e. The van der Waals surface area contributed by atoms with Crippen LogP contribution in [0.5, 0.6) is 0 Å². The SMILES string of the molecule is CN(C(=O)c1ccc(Br)c(=O)[nH]1)[C@@H]1COCc2[nH]c(=O)c3cc(F)c(F)cc3c21. The highest BCUT2D eigenvalue weighted by atomic mass is 79.9. The third-order valence-electron chi connectivity index (χ3n) is 4.92. The van der Waals surface area contributed by atoms with Gasteiger partial charge in [-0.1, -0.05) is 0 Å². The Kier molecular flexibility index (Phi) is 4.83. The lowest BCUT2D eigenvalue weighted by Gasteiger charge is -2.33. The highest BCUT2D eigenvalue weighted by Gasteiger charge is 2.31. The van der Waals surface area contributed by atoms with Crippen molar-refractivity contribution in [2.45, 2.75) is 12.6 Å². The molecule has 0 fully saturated rings. The molecule has 29 heavy (non-hydrogen) atoms. The number of fused-ring (bicyclic) bond motifs is 3. The molecule has 0 unspecified atom stereocenters. The van der Waals surface area contributed by atoms with Gasteiger partial charge in [0.25, 0.3) is 17.0 Å². The second-order valence-corrected chi connectivity index (χ2v) is 7.51. The molecule has 1 aliphatic heterocycles. The summed E-state index contributed by atoms with van der Waals surface area (Å²) in [5.74, 6) is -2.73. The molecule has 3 heterocycles. The molecular weight excluding hydrogens is 452 g/mol. The molecule has 0 aliphatic carbocycles. The summed E-state index contributed by atoms with van der Waals surface area (Å²) in [6.07, 6.45) is 0. The number of ether oxygens (including phenoxy) is 1. The van der Waals surface area contributed by atoms with Crippen LogP contribution in [-0.2, 0) is 11.3 Å². The number of rotatable bonds is 2. The molecule has 7 nitrogen and oxygen atoms in total. The van der Waals surface area contributed by atoms with E-state index in [0.717, 1.165) is 12.1 Å². The van der Waals surface area contributed by atoms with Gasteiger partial charge in [-0.3, -0.25) is 14.4 Å². The van der Waals surface area contributed by atoms with Crippen LogP contribution in [0.2, 0.25) is 0 Å². The van der Waals surface area contributed by atoms with E-state index in [1.165, 1.54) is 24.1 Å². The fourth-order valence-electron chi connectivity index (χ4n) is 3.46. The number of pyridine rings is 2. The van der Waals surface area contributed by atoms with Crippen LogP contribution in [0.1, 0.15) is 27.8 Å². The summed E-state index contributed by atoms with van der Waals surface area (Å²) < 4.78 is 33.4. The van der Waals surface area contributed by atoms with Crippen LogP contribution >= 0.6 is 15.9 Å². The summed E-state index contributed by atoms with van der Waals surface area (Å²) in [5.41, 5.74) is -0.127. The number of aromatic nitrogens is 2. The first-order valence-corrected chi connectivity index (χ1v) is 9.34. The molecule has 1 aromatic carbocycles. The van der Waals surface area contributed by atoms with E-state index in [1.807, 2.05) is 0 Å². The van der Waals surface area contributed by atoms with E-state index in [-0.39, 0.29) is 34.2 Å². The van der Waals surface area contributed by atoms with Crippen molar-refractivity contribution in [2.24, 2.45) is 0 Å². The summed E-state index contributed by atoms with van der Waals surface area (Å²) in [6.45, 7) is 0.142. The summed E-state index contributed by atoms with van der Waals surface area (Å²) >= 11 is 3.07. The van der Waals surface area contributed by atoms with Crippen LogP contribution in [0.15, 0.2) is 38.3 Å². The normalized spacial score (nSPS) is 15.9. The van der Waals surface area contributed by atoms with Crippen LogP contribution in [0.25, 0.3) is 10.8 Å². The Morgan fingerprint density at radius 3 is 2.52 bits per heavy atom. The predicted octanol–water partition coefficient (Wildman–Crippen LogP) is 2.60. The molecule has 0 saturated carbocycles. The Bertz CT molecular complexity index is 1270. The maximum Gasteiger partial charge on any atom is 0.270 e. The Labute approximate surface area is 170 Å². The molecule has 0 saturated heterocycles. The summed E-state index contributed by atoms with van der Waals surface area (Å²) in [7, 11) is 1.50. The van der Waals surface area contributed by atoms with Gasteiger partial charge in [0.1, 0.15) is 5.69 Å². The van der Waals surface area contributed by atoms with E-state index >= 15 is 0 Å². The number of hydrogen-bond acceptors (Lipinski definition) is 4. The van der Waals surface area contributed by atoms with E-state index in [0.29, 0.717) is 11.3 Å². The van der Waals surface area contributed by atoms with Crippen LogP contribution in [-0.4, -0.2) is 34.4 Å². The minimum absolute atomic E-state index is 0.0209. The quantitative estimate of drug-likeness (QED) is 0.607. The van der Waals surface area contributed by atoms with Gasteiger partial charge in [-0.25, -0.2) is 8.78 Å². The van der Waals surface area contributed by atoms with E-state index in [1.54, 1.807) is 0 Å². The number of amides is 1. The van der Waals surface area contributed by atoms with Gasteiger partial charge in [0.2, 0.25) is 0 Å².